The number of rotatable bonds is 7. The Hall–Kier alpha value is -3.37. The molecule has 1 aliphatic rings. The first-order valence-corrected chi connectivity index (χ1v) is 9.66. The van der Waals surface area contributed by atoms with E-state index >= 15 is 0 Å². The molecular weight excluding hydrogens is 410 g/mol. The number of pyridine rings is 1. The van der Waals surface area contributed by atoms with Crippen molar-refractivity contribution in [2.24, 2.45) is 5.92 Å². The molecule has 31 heavy (non-hydrogen) atoms. The van der Waals surface area contributed by atoms with Crippen LogP contribution in [0.3, 0.4) is 0 Å². The molecule has 166 valence electrons. The van der Waals surface area contributed by atoms with Crippen molar-refractivity contribution in [1.29, 1.82) is 0 Å². The summed E-state index contributed by atoms with van der Waals surface area (Å²) in [6.45, 7) is 4.51. The van der Waals surface area contributed by atoms with Gasteiger partial charge in [-0.15, -0.1) is 0 Å². The van der Waals surface area contributed by atoms with E-state index in [2.05, 4.69) is 25.6 Å². The maximum atomic E-state index is 13.7. The van der Waals surface area contributed by atoms with Crippen molar-refractivity contribution in [2.45, 2.75) is 33.1 Å². The van der Waals surface area contributed by atoms with Crippen LogP contribution in [0.4, 0.5) is 26.1 Å². The molecule has 3 heterocycles. The number of aromatic nitrogens is 3. The van der Waals surface area contributed by atoms with E-state index in [1.165, 1.54) is 25.3 Å². The molecule has 1 fully saturated rings. The number of hydrogen-bond donors (Lipinski definition) is 2. The fourth-order valence-corrected chi connectivity index (χ4v) is 3.15. The molecule has 11 heteroatoms. The van der Waals surface area contributed by atoms with E-state index in [4.69, 9.17) is 4.74 Å². The highest BCUT2D eigenvalue weighted by Crippen LogP contribution is 2.31. The summed E-state index contributed by atoms with van der Waals surface area (Å²) in [6, 6.07) is 3.03. The Labute approximate surface area is 178 Å². The topological polar surface area (TPSA) is 109 Å². The van der Waals surface area contributed by atoms with Crippen molar-refractivity contribution in [2.75, 3.05) is 30.8 Å². The Morgan fingerprint density at radius 3 is 2.68 bits per heavy atom. The van der Waals surface area contributed by atoms with E-state index in [1.807, 2.05) is 0 Å². The molecule has 2 N–H and O–H groups in total. The van der Waals surface area contributed by atoms with Crippen molar-refractivity contribution >= 4 is 29.1 Å². The largest absolute Gasteiger partial charge is 0.489 e. The SMILES string of the molecule is CC(=O)Nc1cc(Nc2cc(C)nc(C(C)(F)F)n2)c(OCC2CC(=O)N(C)C2)cn1. The standard InChI is InChI=1S/C20H24F2N6O3/c1-11-5-17(27-19(24-11)20(3,21)22)26-14-7-16(25-12(2)29)23-8-15(14)31-10-13-6-18(30)28(4)9-13/h5,7-8,13H,6,9-10H2,1-4H3,(H2,23,24,25,26,27,29). The molecule has 0 radical (unpaired) electrons. The second kappa shape index (κ2) is 8.78. The van der Waals surface area contributed by atoms with Gasteiger partial charge in [-0.3, -0.25) is 9.59 Å². The van der Waals surface area contributed by atoms with E-state index in [-0.39, 0.29) is 36.0 Å². The number of nitrogens with zero attached hydrogens (tertiary/aromatic N) is 4. The van der Waals surface area contributed by atoms with Crippen molar-refractivity contribution in [3.8, 4) is 5.75 Å². The molecule has 0 bridgehead atoms. The van der Waals surface area contributed by atoms with Crippen LogP contribution in [0.15, 0.2) is 18.3 Å². The van der Waals surface area contributed by atoms with Gasteiger partial charge < -0.3 is 20.3 Å². The molecule has 0 aromatic carbocycles. The van der Waals surface area contributed by atoms with Crippen LogP contribution in [0.2, 0.25) is 0 Å². The normalized spacial score (nSPS) is 16.4. The van der Waals surface area contributed by atoms with E-state index in [1.54, 1.807) is 18.9 Å². The van der Waals surface area contributed by atoms with Crippen LogP contribution in [0.1, 0.15) is 31.8 Å². The van der Waals surface area contributed by atoms with Crippen molar-refractivity contribution in [3.63, 3.8) is 0 Å². The number of aryl methyl sites for hydroxylation is 1. The van der Waals surface area contributed by atoms with Gasteiger partial charge in [0.15, 0.2) is 5.75 Å². The van der Waals surface area contributed by atoms with Gasteiger partial charge in [-0.1, -0.05) is 0 Å². The Morgan fingerprint density at radius 2 is 2.06 bits per heavy atom. The van der Waals surface area contributed by atoms with Gasteiger partial charge in [0.25, 0.3) is 0 Å². The number of carbonyl (C=O) groups excluding carboxylic acids is 2. The second-order valence-corrected chi connectivity index (χ2v) is 7.63. The average molecular weight is 434 g/mol. The van der Waals surface area contributed by atoms with E-state index in [0.717, 1.165) is 6.92 Å². The zero-order valence-corrected chi connectivity index (χ0v) is 17.7. The fourth-order valence-electron chi connectivity index (χ4n) is 3.15. The maximum Gasteiger partial charge on any atom is 0.303 e. The number of alkyl halides is 2. The minimum Gasteiger partial charge on any atom is -0.489 e. The third kappa shape index (κ3) is 5.83. The van der Waals surface area contributed by atoms with Crippen molar-refractivity contribution in [3.05, 3.63) is 29.8 Å². The Balaban J connectivity index is 1.86. The summed E-state index contributed by atoms with van der Waals surface area (Å²) in [5, 5.41) is 5.52. The van der Waals surface area contributed by atoms with Crippen molar-refractivity contribution < 1.29 is 23.1 Å². The highest BCUT2D eigenvalue weighted by Gasteiger charge is 2.29. The fraction of sp³-hybridized carbons (Fsp3) is 0.450. The molecule has 2 amide bonds. The quantitative estimate of drug-likeness (QED) is 0.690. The number of likely N-dealkylation sites (tertiary alicyclic amines) is 1. The molecule has 0 spiro atoms. The summed E-state index contributed by atoms with van der Waals surface area (Å²) in [4.78, 5) is 36.6. The Bertz CT molecular complexity index is 995. The van der Waals surface area contributed by atoms with Gasteiger partial charge in [0.1, 0.15) is 11.6 Å². The van der Waals surface area contributed by atoms with E-state index < -0.39 is 11.7 Å². The number of halogens is 2. The summed E-state index contributed by atoms with van der Waals surface area (Å²) < 4.78 is 33.3. The third-order valence-corrected chi connectivity index (χ3v) is 4.58. The molecule has 0 aliphatic carbocycles. The predicted molar refractivity (Wildman–Crippen MR) is 109 cm³/mol. The van der Waals surface area contributed by atoms with Crippen LogP contribution in [-0.4, -0.2) is 51.9 Å². The van der Waals surface area contributed by atoms with Gasteiger partial charge in [0, 0.05) is 57.6 Å². The van der Waals surface area contributed by atoms with Gasteiger partial charge in [-0.05, 0) is 6.92 Å². The molecule has 1 unspecified atom stereocenters. The van der Waals surface area contributed by atoms with E-state index in [9.17, 15) is 18.4 Å². The van der Waals surface area contributed by atoms with Crippen LogP contribution < -0.4 is 15.4 Å². The summed E-state index contributed by atoms with van der Waals surface area (Å²) in [5.41, 5.74) is 0.736. The van der Waals surface area contributed by atoms with Gasteiger partial charge in [-0.2, -0.15) is 8.78 Å². The lowest BCUT2D eigenvalue weighted by atomic mass is 10.1. The molecule has 9 nitrogen and oxygen atoms in total. The van der Waals surface area contributed by atoms with Gasteiger partial charge in [0.05, 0.1) is 18.5 Å². The summed E-state index contributed by atoms with van der Waals surface area (Å²) in [7, 11) is 1.73. The molecule has 1 aliphatic heterocycles. The molecule has 0 saturated carbocycles. The molecule has 3 rings (SSSR count). The lowest BCUT2D eigenvalue weighted by molar-refractivity contribution is -0.126. The van der Waals surface area contributed by atoms with Crippen LogP contribution in [0.5, 0.6) is 5.75 Å². The first-order valence-electron chi connectivity index (χ1n) is 9.66. The molecule has 2 aromatic rings. The minimum atomic E-state index is -3.21. The smallest absolute Gasteiger partial charge is 0.303 e. The monoisotopic (exact) mass is 434 g/mol. The Kier molecular flexibility index (Phi) is 6.32. The van der Waals surface area contributed by atoms with Crippen LogP contribution in [-0.2, 0) is 15.5 Å². The molecular formula is C20H24F2N6O3. The summed E-state index contributed by atoms with van der Waals surface area (Å²) in [5.74, 6) is -3.33. The Morgan fingerprint density at radius 1 is 1.32 bits per heavy atom. The molecule has 2 aromatic heterocycles. The zero-order chi connectivity index (χ0) is 22.8. The highest BCUT2D eigenvalue weighted by molar-refractivity contribution is 5.88. The van der Waals surface area contributed by atoms with Crippen LogP contribution in [0, 0.1) is 12.8 Å². The average Bonchev–Trinajstić information content (AvgIpc) is 2.97. The number of hydrogen-bond acceptors (Lipinski definition) is 7. The maximum absolute atomic E-state index is 13.7. The van der Waals surface area contributed by atoms with Crippen molar-refractivity contribution in [1.82, 2.24) is 19.9 Å². The van der Waals surface area contributed by atoms with Crippen LogP contribution in [0.25, 0.3) is 0 Å². The first kappa shape index (κ1) is 22.3. The number of nitrogens with one attached hydrogen (secondary N) is 2. The summed E-state index contributed by atoms with van der Waals surface area (Å²) in [6.07, 6.45) is 1.80. The number of ether oxygens (including phenoxy) is 1. The third-order valence-electron chi connectivity index (χ3n) is 4.58. The summed E-state index contributed by atoms with van der Waals surface area (Å²) >= 11 is 0. The van der Waals surface area contributed by atoms with E-state index in [0.29, 0.717) is 30.1 Å². The molecule has 1 saturated heterocycles. The predicted octanol–water partition coefficient (Wildman–Crippen LogP) is 2.85. The number of carbonyl (C=O) groups is 2. The van der Waals surface area contributed by atoms with Gasteiger partial charge in [-0.25, -0.2) is 15.0 Å². The lowest BCUT2D eigenvalue weighted by Gasteiger charge is -2.17. The second-order valence-electron chi connectivity index (χ2n) is 7.63. The minimum absolute atomic E-state index is 0.0204. The first-order chi connectivity index (χ1) is 14.5. The number of amides is 2. The highest BCUT2D eigenvalue weighted by atomic mass is 19.3. The molecule has 1 atom stereocenters. The van der Waals surface area contributed by atoms with Gasteiger partial charge >= 0.3 is 5.92 Å². The zero-order valence-electron chi connectivity index (χ0n) is 17.7. The van der Waals surface area contributed by atoms with Crippen LogP contribution >= 0.6 is 0 Å². The van der Waals surface area contributed by atoms with Gasteiger partial charge in [0.2, 0.25) is 17.6 Å². The number of anilines is 3. The lowest BCUT2D eigenvalue weighted by Crippen LogP contribution is -2.20.